The van der Waals surface area contributed by atoms with Gasteiger partial charge in [-0.2, -0.15) is 4.31 Å². The molecule has 1 saturated heterocycles. The Balaban J connectivity index is 2.30. The molecule has 0 bridgehead atoms. The highest BCUT2D eigenvalue weighted by atomic mass is 35.5. The van der Waals surface area contributed by atoms with E-state index in [0.29, 0.717) is 16.7 Å². The third-order valence-corrected chi connectivity index (χ3v) is 7.55. The summed E-state index contributed by atoms with van der Waals surface area (Å²) in [6.07, 6.45) is 0.678. The number of thiophene rings is 1. The van der Waals surface area contributed by atoms with Gasteiger partial charge in [-0.25, -0.2) is 8.42 Å². The molecular formula is C12H18ClNO3S2. The van der Waals surface area contributed by atoms with Gasteiger partial charge in [0, 0.05) is 18.5 Å². The van der Waals surface area contributed by atoms with Crippen LogP contribution in [0.2, 0.25) is 0 Å². The number of hydrogen-bond donors (Lipinski definition) is 0. The van der Waals surface area contributed by atoms with Crippen molar-refractivity contribution in [1.82, 2.24) is 4.31 Å². The fourth-order valence-corrected chi connectivity index (χ4v) is 5.71. The molecule has 1 aliphatic heterocycles. The molecule has 4 nitrogen and oxygen atoms in total. The molecule has 2 unspecified atom stereocenters. The van der Waals surface area contributed by atoms with Crippen molar-refractivity contribution in [3.05, 3.63) is 16.5 Å². The number of hydrogen-bond acceptors (Lipinski definition) is 4. The number of alkyl halides is 1. The second kappa shape index (κ2) is 5.69. The van der Waals surface area contributed by atoms with E-state index in [9.17, 15) is 8.42 Å². The molecule has 1 aromatic rings. The highest BCUT2D eigenvalue weighted by Gasteiger charge is 2.36. The lowest BCUT2D eigenvalue weighted by Gasteiger charge is -2.25. The lowest BCUT2D eigenvalue weighted by Crippen LogP contribution is -2.40. The average Bonchev–Trinajstić information content (AvgIpc) is 2.94. The van der Waals surface area contributed by atoms with Crippen LogP contribution in [0, 0.1) is 6.92 Å². The van der Waals surface area contributed by atoms with Gasteiger partial charge in [-0.3, -0.25) is 0 Å². The molecule has 0 radical (unpaired) electrons. The fourth-order valence-electron chi connectivity index (χ4n) is 2.27. The van der Waals surface area contributed by atoms with Crippen LogP contribution in [-0.4, -0.2) is 38.5 Å². The molecule has 0 N–H and O–H groups in total. The smallest absolute Gasteiger partial charge is 0.252 e. The highest BCUT2D eigenvalue weighted by molar-refractivity contribution is 7.91. The van der Waals surface area contributed by atoms with E-state index >= 15 is 0 Å². The number of nitrogens with zero attached hydrogens (tertiary/aromatic N) is 1. The number of aryl methyl sites for hydroxylation is 1. The van der Waals surface area contributed by atoms with Crippen LogP contribution in [-0.2, 0) is 20.6 Å². The monoisotopic (exact) mass is 323 g/mol. The minimum Gasteiger partial charge on any atom is -0.377 e. The van der Waals surface area contributed by atoms with Gasteiger partial charge in [0.05, 0.1) is 18.0 Å². The van der Waals surface area contributed by atoms with Gasteiger partial charge in [-0.05, 0) is 31.9 Å². The number of rotatable bonds is 4. The van der Waals surface area contributed by atoms with Crippen molar-refractivity contribution in [2.45, 2.75) is 42.5 Å². The molecule has 1 fully saturated rings. The van der Waals surface area contributed by atoms with Crippen LogP contribution in [0.15, 0.2) is 10.3 Å². The van der Waals surface area contributed by atoms with Crippen molar-refractivity contribution in [2.75, 3.05) is 13.7 Å². The van der Waals surface area contributed by atoms with E-state index in [1.807, 2.05) is 13.8 Å². The standard InChI is InChI=1S/C12H18ClNO3S2/c1-8-6-12(18-11(8)7-13)19(15,16)14(3)10-4-5-17-9(10)2/h6,9-10H,4-5,7H2,1-3H3. The topological polar surface area (TPSA) is 46.6 Å². The van der Waals surface area contributed by atoms with Crippen LogP contribution < -0.4 is 0 Å². The third kappa shape index (κ3) is 2.83. The molecule has 19 heavy (non-hydrogen) atoms. The Bertz CT molecular complexity index is 555. The number of ether oxygens (including phenoxy) is 1. The average molecular weight is 324 g/mol. The van der Waals surface area contributed by atoms with E-state index in [1.165, 1.54) is 15.6 Å². The zero-order chi connectivity index (χ0) is 14.2. The number of sulfonamides is 1. The normalized spacial score (nSPS) is 24.3. The first-order valence-corrected chi connectivity index (χ1v) is 8.92. The Kier molecular flexibility index (Phi) is 4.57. The summed E-state index contributed by atoms with van der Waals surface area (Å²) in [6, 6.07) is 1.61. The summed E-state index contributed by atoms with van der Waals surface area (Å²) < 4.78 is 32.4. The highest BCUT2D eigenvalue weighted by Crippen LogP contribution is 2.31. The zero-order valence-electron chi connectivity index (χ0n) is 11.2. The Morgan fingerprint density at radius 3 is 2.74 bits per heavy atom. The largest absolute Gasteiger partial charge is 0.377 e. The second-order valence-electron chi connectivity index (χ2n) is 4.76. The van der Waals surface area contributed by atoms with E-state index in [2.05, 4.69) is 0 Å². The van der Waals surface area contributed by atoms with E-state index in [1.54, 1.807) is 13.1 Å². The number of likely N-dealkylation sites (N-methyl/N-ethyl adjacent to an activating group) is 1. The summed E-state index contributed by atoms with van der Waals surface area (Å²) in [6.45, 7) is 4.41. The minimum atomic E-state index is -3.45. The predicted molar refractivity (Wildman–Crippen MR) is 77.4 cm³/mol. The van der Waals surface area contributed by atoms with Gasteiger partial charge in [-0.1, -0.05) is 0 Å². The summed E-state index contributed by atoms with van der Waals surface area (Å²) in [5.74, 6) is 0.346. The van der Waals surface area contributed by atoms with Crippen LogP contribution in [0.25, 0.3) is 0 Å². The first-order chi connectivity index (χ1) is 8.87. The maximum atomic E-state index is 12.6. The predicted octanol–water partition coefficient (Wildman–Crippen LogP) is 2.59. The molecule has 2 atom stereocenters. The second-order valence-corrected chi connectivity index (χ2v) is 8.39. The van der Waals surface area contributed by atoms with Crippen LogP contribution in [0.5, 0.6) is 0 Å². The van der Waals surface area contributed by atoms with Gasteiger partial charge in [0.15, 0.2) is 0 Å². The third-order valence-electron chi connectivity index (χ3n) is 3.56. The molecule has 2 heterocycles. The summed E-state index contributed by atoms with van der Waals surface area (Å²) in [5.41, 5.74) is 0.933. The van der Waals surface area contributed by atoms with Crippen molar-refractivity contribution in [3.8, 4) is 0 Å². The van der Waals surface area contributed by atoms with Crippen molar-refractivity contribution < 1.29 is 13.2 Å². The van der Waals surface area contributed by atoms with Gasteiger partial charge in [-0.15, -0.1) is 22.9 Å². The molecule has 0 aromatic carbocycles. The van der Waals surface area contributed by atoms with Crippen molar-refractivity contribution >= 4 is 33.0 Å². The lowest BCUT2D eigenvalue weighted by molar-refractivity contribution is 0.102. The first-order valence-electron chi connectivity index (χ1n) is 6.13. The van der Waals surface area contributed by atoms with Gasteiger partial charge < -0.3 is 4.74 Å². The molecule has 1 aliphatic rings. The van der Waals surface area contributed by atoms with E-state index in [0.717, 1.165) is 16.9 Å². The van der Waals surface area contributed by atoms with E-state index < -0.39 is 10.0 Å². The van der Waals surface area contributed by atoms with Crippen molar-refractivity contribution in [2.24, 2.45) is 0 Å². The Morgan fingerprint density at radius 1 is 1.58 bits per heavy atom. The van der Waals surface area contributed by atoms with Crippen LogP contribution in [0.3, 0.4) is 0 Å². The molecular weight excluding hydrogens is 306 g/mol. The molecule has 108 valence electrons. The molecule has 0 aliphatic carbocycles. The van der Waals surface area contributed by atoms with Crippen LogP contribution >= 0.6 is 22.9 Å². The van der Waals surface area contributed by atoms with Crippen LogP contribution in [0.1, 0.15) is 23.8 Å². The number of halogens is 1. The maximum absolute atomic E-state index is 12.6. The van der Waals surface area contributed by atoms with Gasteiger partial charge in [0.2, 0.25) is 0 Å². The first kappa shape index (κ1) is 15.3. The Morgan fingerprint density at radius 2 is 2.26 bits per heavy atom. The summed E-state index contributed by atoms with van der Waals surface area (Å²) in [5, 5.41) is 0. The van der Waals surface area contributed by atoms with Crippen LogP contribution in [0.4, 0.5) is 0 Å². The Labute approximate surface area is 123 Å². The lowest BCUT2D eigenvalue weighted by atomic mass is 10.2. The molecule has 7 heteroatoms. The van der Waals surface area contributed by atoms with Crippen molar-refractivity contribution in [3.63, 3.8) is 0 Å². The van der Waals surface area contributed by atoms with E-state index in [-0.39, 0.29) is 12.1 Å². The van der Waals surface area contributed by atoms with Crippen molar-refractivity contribution in [1.29, 1.82) is 0 Å². The fraction of sp³-hybridized carbons (Fsp3) is 0.667. The molecule has 1 aromatic heterocycles. The quantitative estimate of drug-likeness (QED) is 0.800. The molecule has 0 amide bonds. The van der Waals surface area contributed by atoms with Gasteiger partial charge in [0.25, 0.3) is 10.0 Å². The summed E-state index contributed by atoms with van der Waals surface area (Å²) >= 11 is 7.06. The summed E-state index contributed by atoms with van der Waals surface area (Å²) in [7, 11) is -1.83. The van der Waals surface area contributed by atoms with E-state index in [4.69, 9.17) is 16.3 Å². The van der Waals surface area contributed by atoms with Gasteiger partial charge in [0.1, 0.15) is 4.21 Å². The Hall–Kier alpha value is -0.140. The molecule has 0 saturated carbocycles. The maximum Gasteiger partial charge on any atom is 0.252 e. The molecule has 0 spiro atoms. The molecule has 2 rings (SSSR count). The summed E-state index contributed by atoms with van der Waals surface area (Å²) in [4.78, 5) is 0.907. The SMILES string of the molecule is Cc1cc(S(=O)(=O)N(C)C2CCOC2C)sc1CCl. The van der Waals surface area contributed by atoms with Gasteiger partial charge >= 0.3 is 0 Å². The zero-order valence-corrected chi connectivity index (χ0v) is 13.6. The minimum absolute atomic E-state index is 0.0617.